The van der Waals surface area contributed by atoms with E-state index in [2.05, 4.69) is 5.32 Å². The van der Waals surface area contributed by atoms with E-state index in [1.54, 1.807) is 18.0 Å². The van der Waals surface area contributed by atoms with Crippen molar-refractivity contribution in [1.29, 1.82) is 0 Å². The van der Waals surface area contributed by atoms with Gasteiger partial charge in [0.1, 0.15) is 5.76 Å². The molecule has 1 aromatic rings. The SMILES string of the molecule is CCc1ccc(C(=O)N(C)[C@@H]2CNC[C@H]2O)o1. The highest BCUT2D eigenvalue weighted by Crippen LogP contribution is 2.14. The highest BCUT2D eigenvalue weighted by Gasteiger charge is 2.32. The minimum Gasteiger partial charge on any atom is -0.456 e. The first kappa shape index (κ1) is 12.1. The van der Waals surface area contributed by atoms with Crippen molar-refractivity contribution in [3.63, 3.8) is 0 Å². The third kappa shape index (κ3) is 2.35. The van der Waals surface area contributed by atoms with E-state index in [0.717, 1.165) is 12.2 Å². The smallest absolute Gasteiger partial charge is 0.289 e. The minimum atomic E-state index is -0.510. The Kier molecular flexibility index (Phi) is 3.49. The zero-order valence-electron chi connectivity index (χ0n) is 10.1. The summed E-state index contributed by atoms with van der Waals surface area (Å²) in [6, 6.07) is 3.31. The van der Waals surface area contributed by atoms with Gasteiger partial charge in [-0.3, -0.25) is 4.79 Å². The Morgan fingerprint density at radius 3 is 2.88 bits per heavy atom. The number of aryl methyl sites for hydroxylation is 1. The number of furan rings is 1. The largest absolute Gasteiger partial charge is 0.456 e. The number of β-amino-alcohol motifs (C(OH)–C–C–N with tert-alkyl or cyclic N) is 1. The third-order valence-electron chi connectivity index (χ3n) is 3.19. The van der Waals surface area contributed by atoms with Gasteiger partial charge in [0, 0.05) is 26.6 Å². The van der Waals surface area contributed by atoms with E-state index >= 15 is 0 Å². The summed E-state index contributed by atoms with van der Waals surface area (Å²) in [6.45, 7) is 3.12. The summed E-state index contributed by atoms with van der Waals surface area (Å²) in [7, 11) is 1.69. The Bertz CT molecular complexity index is 402. The maximum absolute atomic E-state index is 12.1. The molecule has 0 aromatic carbocycles. The molecule has 2 heterocycles. The van der Waals surface area contributed by atoms with Crippen molar-refractivity contribution in [1.82, 2.24) is 10.2 Å². The van der Waals surface area contributed by atoms with E-state index in [4.69, 9.17) is 4.42 Å². The minimum absolute atomic E-state index is 0.183. The number of carbonyl (C=O) groups is 1. The third-order valence-corrected chi connectivity index (χ3v) is 3.19. The van der Waals surface area contributed by atoms with Crippen molar-refractivity contribution in [3.05, 3.63) is 23.7 Å². The lowest BCUT2D eigenvalue weighted by molar-refractivity contribution is 0.0551. The average Bonchev–Trinajstić information content (AvgIpc) is 2.95. The van der Waals surface area contributed by atoms with Gasteiger partial charge in [-0.25, -0.2) is 0 Å². The molecule has 2 rings (SSSR count). The fourth-order valence-corrected chi connectivity index (χ4v) is 2.05. The van der Waals surface area contributed by atoms with Crippen LogP contribution in [0, 0.1) is 0 Å². The molecule has 2 atom stereocenters. The van der Waals surface area contributed by atoms with E-state index in [0.29, 0.717) is 18.8 Å². The molecule has 2 N–H and O–H groups in total. The van der Waals surface area contributed by atoms with Crippen LogP contribution in [0.2, 0.25) is 0 Å². The van der Waals surface area contributed by atoms with Gasteiger partial charge >= 0.3 is 0 Å². The van der Waals surface area contributed by atoms with Gasteiger partial charge in [-0.05, 0) is 12.1 Å². The van der Waals surface area contributed by atoms with Crippen LogP contribution in [-0.4, -0.2) is 48.2 Å². The van der Waals surface area contributed by atoms with Crippen LogP contribution in [-0.2, 0) is 6.42 Å². The molecular weight excluding hydrogens is 220 g/mol. The van der Waals surface area contributed by atoms with Crippen molar-refractivity contribution >= 4 is 5.91 Å². The molecule has 1 aliphatic heterocycles. The molecule has 1 amide bonds. The van der Waals surface area contributed by atoms with Crippen molar-refractivity contribution in [2.45, 2.75) is 25.5 Å². The van der Waals surface area contributed by atoms with Crippen LogP contribution < -0.4 is 5.32 Å². The molecule has 1 fully saturated rings. The molecular formula is C12H18N2O3. The number of nitrogens with one attached hydrogen (secondary N) is 1. The monoisotopic (exact) mass is 238 g/mol. The number of rotatable bonds is 3. The molecule has 1 aliphatic rings. The molecule has 1 saturated heterocycles. The molecule has 1 aromatic heterocycles. The normalized spacial score (nSPS) is 23.9. The quantitative estimate of drug-likeness (QED) is 0.792. The van der Waals surface area contributed by atoms with Gasteiger partial charge in [0.2, 0.25) is 0 Å². The number of nitrogens with zero attached hydrogens (tertiary/aromatic N) is 1. The molecule has 0 aliphatic carbocycles. The van der Waals surface area contributed by atoms with Crippen LogP contribution >= 0.6 is 0 Å². The Morgan fingerprint density at radius 2 is 2.35 bits per heavy atom. The molecule has 0 bridgehead atoms. The molecule has 17 heavy (non-hydrogen) atoms. The second-order valence-electron chi connectivity index (χ2n) is 4.33. The second kappa shape index (κ2) is 4.89. The maximum Gasteiger partial charge on any atom is 0.289 e. The first-order valence-electron chi connectivity index (χ1n) is 5.88. The standard InChI is InChI=1S/C12H18N2O3/c1-3-8-4-5-11(17-8)12(16)14(2)9-6-13-7-10(9)15/h4-5,9-10,13,15H,3,6-7H2,1-2H3/t9-,10-/m1/s1. The van der Waals surface area contributed by atoms with Crippen LogP contribution in [0.4, 0.5) is 0 Å². The summed E-state index contributed by atoms with van der Waals surface area (Å²) in [5.74, 6) is 0.952. The Hall–Kier alpha value is -1.33. The first-order valence-corrected chi connectivity index (χ1v) is 5.88. The fourth-order valence-electron chi connectivity index (χ4n) is 2.05. The predicted octanol–water partition coefficient (Wildman–Crippen LogP) is 0.247. The molecule has 0 spiro atoms. The number of hydrogen-bond donors (Lipinski definition) is 2. The number of hydrogen-bond acceptors (Lipinski definition) is 4. The van der Waals surface area contributed by atoms with Gasteiger partial charge in [-0.2, -0.15) is 0 Å². The van der Waals surface area contributed by atoms with Gasteiger partial charge in [0.15, 0.2) is 5.76 Å². The van der Waals surface area contributed by atoms with Crippen LogP contribution in [0.5, 0.6) is 0 Å². The summed E-state index contributed by atoms with van der Waals surface area (Å²) in [6.07, 6.45) is 0.259. The number of carbonyl (C=O) groups excluding carboxylic acids is 1. The lowest BCUT2D eigenvalue weighted by Gasteiger charge is -2.25. The van der Waals surface area contributed by atoms with E-state index in [1.165, 1.54) is 0 Å². The Morgan fingerprint density at radius 1 is 1.59 bits per heavy atom. The van der Waals surface area contributed by atoms with E-state index < -0.39 is 6.10 Å². The fraction of sp³-hybridized carbons (Fsp3) is 0.583. The van der Waals surface area contributed by atoms with Gasteiger partial charge in [-0.15, -0.1) is 0 Å². The highest BCUT2D eigenvalue weighted by molar-refractivity contribution is 5.91. The van der Waals surface area contributed by atoms with Crippen LogP contribution in [0.15, 0.2) is 16.5 Å². The van der Waals surface area contributed by atoms with Crippen molar-refractivity contribution < 1.29 is 14.3 Å². The number of aliphatic hydroxyl groups excluding tert-OH is 1. The van der Waals surface area contributed by atoms with Crippen LogP contribution in [0.25, 0.3) is 0 Å². The van der Waals surface area contributed by atoms with E-state index in [1.807, 2.05) is 13.0 Å². The van der Waals surface area contributed by atoms with Gasteiger partial charge in [0.25, 0.3) is 5.91 Å². The van der Waals surface area contributed by atoms with Gasteiger partial charge in [-0.1, -0.05) is 6.92 Å². The molecule has 5 heteroatoms. The second-order valence-corrected chi connectivity index (χ2v) is 4.33. The molecule has 0 unspecified atom stereocenters. The zero-order chi connectivity index (χ0) is 12.4. The summed E-state index contributed by atoms with van der Waals surface area (Å²) in [5.41, 5.74) is 0. The van der Waals surface area contributed by atoms with E-state index in [-0.39, 0.29) is 11.9 Å². The number of amides is 1. The number of likely N-dealkylation sites (N-methyl/N-ethyl adjacent to an activating group) is 1. The predicted molar refractivity (Wildman–Crippen MR) is 62.8 cm³/mol. The van der Waals surface area contributed by atoms with Gasteiger partial charge in [0.05, 0.1) is 12.1 Å². The molecule has 94 valence electrons. The van der Waals surface area contributed by atoms with Crippen molar-refractivity contribution in [2.24, 2.45) is 0 Å². The summed E-state index contributed by atoms with van der Waals surface area (Å²) in [4.78, 5) is 13.6. The summed E-state index contributed by atoms with van der Waals surface area (Å²) in [5, 5.41) is 12.8. The lowest BCUT2D eigenvalue weighted by Crippen LogP contribution is -2.44. The van der Waals surface area contributed by atoms with Crippen molar-refractivity contribution in [3.8, 4) is 0 Å². The Balaban J connectivity index is 2.08. The Labute approximate surface area is 100 Å². The zero-order valence-corrected chi connectivity index (χ0v) is 10.1. The number of aliphatic hydroxyl groups is 1. The van der Waals surface area contributed by atoms with E-state index in [9.17, 15) is 9.90 Å². The molecule has 5 nitrogen and oxygen atoms in total. The van der Waals surface area contributed by atoms with Crippen LogP contribution in [0.1, 0.15) is 23.2 Å². The maximum atomic E-state index is 12.1. The van der Waals surface area contributed by atoms with Crippen molar-refractivity contribution in [2.75, 3.05) is 20.1 Å². The molecule has 0 saturated carbocycles. The average molecular weight is 238 g/mol. The van der Waals surface area contributed by atoms with Gasteiger partial charge < -0.3 is 19.7 Å². The summed E-state index contributed by atoms with van der Waals surface area (Å²) >= 11 is 0. The van der Waals surface area contributed by atoms with Crippen LogP contribution in [0.3, 0.4) is 0 Å². The summed E-state index contributed by atoms with van der Waals surface area (Å²) < 4.78 is 5.42. The lowest BCUT2D eigenvalue weighted by atomic mass is 10.2. The highest BCUT2D eigenvalue weighted by atomic mass is 16.4. The molecule has 0 radical (unpaired) electrons. The topological polar surface area (TPSA) is 65.7 Å². The first-order chi connectivity index (χ1) is 8.13.